The molecule has 0 spiro atoms. The number of carbonyl (C=O) groups is 1. The maximum atomic E-state index is 14.4. The zero-order valence-electron chi connectivity index (χ0n) is 23.2. The van der Waals surface area contributed by atoms with E-state index in [0.717, 1.165) is 39.1 Å². The number of oxazole rings is 1. The van der Waals surface area contributed by atoms with Crippen molar-refractivity contribution in [2.24, 2.45) is 21.3 Å². The highest BCUT2D eigenvalue weighted by atomic mass is 16.5. The number of pyridine rings is 1. The van der Waals surface area contributed by atoms with Gasteiger partial charge in [-0.1, -0.05) is 0 Å². The summed E-state index contributed by atoms with van der Waals surface area (Å²) < 4.78 is 12.0. The molecule has 9 heteroatoms. The maximum Gasteiger partial charge on any atom is 0.227 e. The molecule has 0 aliphatic carbocycles. The van der Waals surface area contributed by atoms with E-state index in [9.17, 15) is 4.79 Å². The summed E-state index contributed by atoms with van der Waals surface area (Å²) in [6.07, 6.45) is 21.0. The molecule has 8 bridgehead atoms. The van der Waals surface area contributed by atoms with E-state index < -0.39 is 16.5 Å². The number of hydrogen-bond acceptors (Lipinski definition) is 8. The summed E-state index contributed by atoms with van der Waals surface area (Å²) in [6, 6.07) is 7.77. The smallest absolute Gasteiger partial charge is 0.227 e. The monoisotopic (exact) mass is 556 g/mol. The molecule has 8 heterocycles. The molecule has 9 nitrogen and oxygen atoms in total. The first-order valence-corrected chi connectivity index (χ1v) is 14.0. The van der Waals surface area contributed by atoms with Crippen molar-refractivity contribution in [2.75, 3.05) is 13.2 Å². The third-order valence-corrected chi connectivity index (χ3v) is 8.63. The number of rotatable bonds is 3. The van der Waals surface area contributed by atoms with Gasteiger partial charge in [-0.15, -0.1) is 0 Å². The molecule has 0 saturated carbocycles. The van der Waals surface area contributed by atoms with Crippen molar-refractivity contribution in [3.63, 3.8) is 0 Å². The molecular formula is C33H28N6O3. The second-order valence-electron chi connectivity index (χ2n) is 11.8. The predicted octanol–water partition coefficient (Wildman–Crippen LogP) is 2.91. The van der Waals surface area contributed by atoms with Crippen molar-refractivity contribution in [2.45, 2.75) is 24.9 Å². The minimum absolute atomic E-state index is 0.0333. The van der Waals surface area contributed by atoms with Crippen LogP contribution in [0.1, 0.15) is 19.6 Å². The number of ether oxygens (including phenoxy) is 1. The van der Waals surface area contributed by atoms with Crippen LogP contribution in [0.3, 0.4) is 0 Å². The maximum absolute atomic E-state index is 14.4. The Kier molecular flexibility index (Phi) is 5.21. The number of nitrogens with zero attached hydrogens (tertiary/aromatic N) is 4. The average molecular weight is 557 g/mol. The number of carbonyl (C=O) groups excluding carboxylic acids is 1. The summed E-state index contributed by atoms with van der Waals surface area (Å²) >= 11 is 0. The first-order valence-electron chi connectivity index (χ1n) is 14.0. The summed E-state index contributed by atoms with van der Waals surface area (Å²) in [5.41, 5.74) is 0.986. The molecule has 3 aromatic rings. The Morgan fingerprint density at radius 2 is 1.81 bits per heavy atom. The average Bonchev–Trinajstić information content (AvgIpc) is 3.77. The van der Waals surface area contributed by atoms with Crippen LogP contribution < -0.4 is 16.0 Å². The van der Waals surface area contributed by atoms with Crippen LogP contribution in [-0.4, -0.2) is 50.9 Å². The third-order valence-electron chi connectivity index (χ3n) is 8.63. The van der Waals surface area contributed by atoms with Crippen LogP contribution in [0.5, 0.6) is 0 Å². The fourth-order valence-corrected chi connectivity index (χ4v) is 6.17. The number of hydrogen-bond donors (Lipinski definition) is 2. The normalized spacial score (nSPS) is 27.3. The highest BCUT2D eigenvalue weighted by Crippen LogP contribution is 2.48. The molecule has 2 atom stereocenters. The van der Waals surface area contributed by atoms with Crippen LogP contribution in [0, 0.1) is 11.3 Å². The number of aromatic nitrogens is 3. The Hall–Kier alpha value is -4.89. The van der Waals surface area contributed by atoms with E-state index in [0.29, 0.717) is 24.9 Å². The molecule has 2 fully saturated rings. The lowest BCUT2D eigenvalue weighted by Gasteiger charge is -2.40. The number of aromatic amines is 1. The molecule has 2 N–H and O–H groups in total. The first-order chi connectivity index (χ1) is 20.3. The van der Waals surface area contributed by atoms with Crippen molar-refractivity contribution < 1.29 is 13.9 Å². The molecule has 208 valence electrons. The molecule has 2 unspecified atom stereocenters. The topological polar surface area (TPSA) is 118 Å². The standard InChI is InChI=1S/C33H28N6O3/c1-31(2)27-15-32(28-17-35-29(42-28)20-4-3-11-34-16-20)10-9-25(38-32)13-24-6-5-22(36-24)12-23-7-8-26(37-23)14-33(39-27,30(31)40)21-18-41-19-21/h3-17,21,36,39H,18-19H2,1-2H3. The lowest BCUT2D eigenvalue weighted by molar-refractivity contribution is -0.136. The van der Waals surface area contributed by atoms with Gasteiger partial charge >= 0.3 is 0 Å². The molecule has 3 aromatic heterocycles. The van der Waals surface area contributed by atoms with Gasteiger partial charge in [0, 0.05) is 34.7 Å². The van der Waals surface area contributed by atoms with Crippen molar-refractivity contribution in [1.29, 1.82) is 0 Å². The van der Waals surface area contributed by atoms with Crippen LogP contribution >= 0.6 is 0 Å². The second-order valence-corrected chi connectivity index (χ2v) is 11.8. The van der Waals surface area contributed by atoms with Gasteiger partial charge in [-0.2, -0.15) is 0 Å². The highest BCUT2D eigenvalue weighted by Gasteiger charge is 2.60. The highest BCUT2D eigenvalue weighted by molar-refractivity contribution is 6.20. The van der Waals surface area contributed by atoms with Gasteiger partial charge in [-0.25, -0.2) is 9.98 Å². The Bertz CT molecular complexity index is 1950. The number of aliphatic imine (C=N–C) groups is 2. The van der Waals surface area contributed by atoms with Gasteiger partial charge in [0.25, 0.3) is 0 Å². The number of fused-ring (bicyclic) bond motifs is 6. The second kappa shape index (κ2) is 8.80. The summed E-state index contributed by atoms with van der Waals surface area (Å²) in [6.45, 7) is 4.89. The summed E-state index contributed by atoms with van der Waals surface area (Å²) in [4.78, 5) is 36.6. The van der Waals surface area contributed by atoms with Crippen LogP contribution in [0.15, 0.2) is 105 Å². The lowest BCUT2D eigenvalue weighted by Crippen LogP contribution is -2.58. The third kappa shape index (κ3) is 3.77. The molecule has 5 aliphatic rings. The zero-order chi connectivity index (χ0) is 28.5. The Balaban J connectivity index is 1.36. The van der Waals surface area contributed by atoms with Crippen LogP contribution in [-0.2, 0) is 15.1 Å². The van der Waals surface area contributed by atoms with Gasteiger partial charge in [0.2, 0.25) is 5.89 Å². The Morgan fingerprint density at radius 1 is 0.976 bits per heavy atom. The zero-order valence-corrected chi connectivity index (χ0v) is 23.2. The van der Waals surface area contributed by atoms with Crippen molar-refractivity contribution in [3.05, 3.63) is 107 Å². The van der Waals surface area contributed by atoms with Crippen LogP contribution in [0.2, 0.25) is 0 Å². The number of Topliss-reactive ketones (excluding diaryl/α,β-unsaturated/α-hetero) is 1. The van der Waals surface area contributed by atoms with Crippen LogP contribution in [0.25, 0.3) is 23.6 Å². The van der Waals surface area contributed by atoms with E-state index in [1.54, 1.807) is 18.6 Å². The number of H-pyrrole nitrogens is 1. The Morgan fingerprint density at radius 3 is 2.57 bits per heavy atom. The summed E-state index contributed by atoms with van der Waals surface area (Å²) in [5.74, 6) is 1.03. The quantitative estimate of drug-likeness (QED) is 0.512. The van der Waals surface area contributed by atoms with E-state index in [1.165, 1.54) is 0 Å². The minimum atomic E-state index is -1.03. The molecular weight excluding hydrogens is 528 g/mol. The van der Waals surface area contributed by atoms with Crippen LogP contribution in [0.4, 0.5) is 0 Å². The molecule has 0 amide bonds. The Labute approximate surface area is 241 Å². The van der Waals surface area contributed by atoms with Gasteiger partial charge in [0.15, 0.2) is 17.1 Å². The molecule has 5 aliphatic heterocycles. The van der Waals surface area contributed by atoms with Crippen molar-refractivity contribution in [3.8, 4) is 11.5 Å². The largest absolute Gasteiger partial charge is 0.438 e. The molecule has 0 radical (unpaired) electrons. The SMILES string of the molecule is CC1(C)C(=O)C2(C3COC3)C=C3C=CC(=N3)C=c3ccc([nH]3)=CC3=NC(c4cnc(-c5cccnc5)o4)(C=C3)C=C1N2. The molecule has 8 rings (SSSR count). The predicted molar refractivity (Wildman–Crippen MR) is 159 cm³/mol. The van der Waals surface area contributed by atoms with E-state index in [2.05, 4.69) is 20.3 Å². The van der Waals surface area contributed by atoms with Gasteiger partial charge in [0.05, 0.1) is 47.5 Å². The van der Waals surface area contributed by atoms with Crippen molar-refractivity contribution >= 4 is 29.4 Å². The van der Waals surface area contributed by atoms with Crippen molar-refractivity contribution in [1.82, 2.24) is 20.3 Å². The van der Waals surface area contributed by atoms with E-state index >= 15 is 0 Å². The number of nitrogens with one attached hydrogen (secondary N) is 2. The molecule has 2 saturated heterocycles. The fourth-order valence-electron chi connectivity index (χ4n) is 6.17. The lowest BCUT2D eigenvalue weighted by atomic mass is 9.73. The van der Waals surface area contributed by atoms with Gasteiger partial charge in [-0.05, 0) is 86.7 Å². The number of allylic oxidation sites excluding steroid dienone is 4. The number of ketones is 1. The summed E-state index contributed by atoms with van der Waals surface area (Å²) in [5, 5.41) is 5.51. The van der Waals surface area contributed by atoms with E-state index in [4.69, 9.17) is 19.1 Å². The van der Waals surface area contributed by atoms with Gasteiger partial charge < -0.3 is 19.5 Å². The van der Waals surface area contributed by atoms with Gasteiger partial charge in [-0.3, -0.25) is 14.8 Å². The van der Waals surface area contributed by atoms with Gasteiger partial charge in [0.1, 0.15) is 5.54 Å². The van der Waals surface area contributed by atoms with E-state index in [-0.39, 0.29) is 11.7 Å². The minimum Gasteiger partial charge on any atom is -0.438 e. The fraction of sp³-hybridized carbons (Fsp3) is 0.242. The summed E-state index contributed by atoms with van der Waals surface area (Å²) in [7, 11) is 0. The van der Waals surface area contributed by atoms with E-state index in [1.807, 2.05) is 86.7 Å². The first kappa shape index (κ1) is 24.9. The molecule has 42 heavy (non-hydrogen) atoms. The molecule has 0 aromatic carbocycles.